The molecule has 0 aliphatic carbocycles. The van der Waals surface area contributed by atoms with Crippen molar-refractivity contribution >= 4 is 26.9 Å². The fourth-order valence-corrected chi connectivity index (χ4v) is 4.39. The van der Waals surface area contributed by atoms with E-state index in [0.29, 0.717) is 11.1 Å². The summed E-state index contributed by atoms with van der Waals surface area (Å²) >= 11 is 0. The van der Waals surface area contributed by atoms with Crippen LogP contribution in [0.5, 0.6) is 5.75 Å². The number of carbonyl (C=O) groups excluding carboxylic acids is 1. The van der Waals surface area contributed by atoms with E-state index in [1.807, 2.05) is 6.07 Å². The molecule has 1 aromatic heterocycles. The van der Waals surface area contributed by atoms with Gasteiger partial charge in [0.25, 0.3) is 5.91 Å². The second-order valence-electron chi connectivity index (χ2n) is 7.62. The number of amides is 1. The quantitative estimate of drug-likeness (QED) is 0.357. The van der Waals surface area contributed by atoms with Crippen molar-refractivity contribution < 1.29 is 30.6 Å². The highest BCUT2D eigenvalue weighted by Gasteiger charge is 2.38. The van der Waals surface area contributed by atoms with Crippen molar-refractivity contribution in [3.63, 3.8) is 0 Å². The van der Waals surface area contributed by atoms with Gasteiger partial charge in [0.05, 0.1) is 11.1 Å². The molecule has 0 saturated carbocycles. The molecule has 0 radical (unpaired) electrons. The summed E-state index contributed by atoms with van der Waals surface area (Å²) < 4.78 is 68.6. The average molecular weight is 500 g/mol. The number of pyridine rings is 1. The zero-order valence-electron chi connectivity index (χ0n) is 18.1. The van der Waals surface area contributed by atoms with Gasteiger partial charge in [0.15, 0.2) is 11.5 Å². The molecule has 0 aliphatic rings. The highest BCUT2D eigenvalue weighted by Crippen LogP contribution is 2.38. The Bertz CT molecular complexity index is 1460. The van der Waals surface area contributed by atoms with Gasteiger partial charge in [-0.25, -0.2) is 4.98 Å². The summed E-state index contributed by atoms with van der Waals surface area (Å²) in [6.07, 6.45) is -5.04. The van der Waals surface area contributed by atoms with E-state index < -0.39 is 33.7 Å². The molecule has 1 heterocycles. The number of hydrogen-bond acceptors (Lipinski definition) is 5. The summed E-state index contributed by atoms with van der Waals surface area (Å²) in [6, 6.07) is 23.6. The van der Waals surface area contributed by atoms with E-state index >= 15 is 0 Å². The lowest BCUT2D eigenvalue weighted by molar-refractivity contribution is -0.107. The van der Waals surface area contributed by atoms with Gasteiger partial charge in [-0.3, -0.25) is 4.79 Å². The number of rotatable bonds is 7. The lowest BCUT2D eigenvalue weighted by Crippen LogP contribution is -2.29. The van der Waals surface area contributed by atoms with Crippen LogP contribution in [0.1, 0.15) is 15.9 Å². The number of nitrogens with zero attached hydrogens (tertiary/aromatic N) is 1. The number of carbonyl (C=O) groups is 1. The largest absolute Gasteiger partial charge is 0.406 e. The molecule has 1 N–H and O–H groups in total. The second-order valence-corrected chi connectivity index (χ2v) is 9.19. The third-order valence-corrected chi connectivity index (χ3v) is 6.07. The minimum Gasteiger partial charge on any atom is -0.379 e. The van der Waals surface area contributed by atoms with Gasteiger partial charge in [0.1, 0.15) is 5.69 Å². The third kappa shape index (κ3) is 5.96. The van der Waals surface area contributed by atoms with Crippen LogP contribution >= 0.6 is 0 Å². The molecule has 6 nitrogen and oxygen atoms in total. The summed E-state index contributed by atoms with van der Waals surface area (Å²) in [7, 11) is -5.16. The van der Waals surface area contributed by atoms with Crippen LogP contribution in [0.3, 0.4) is 0 Å². The number of halogens is 3. The van der Waals surface area contributed by atoms with Gasteiger partial charge in [-0.05, 0) is 11.6 Å². The van der Waals surface area contributed by atoms with E-state index in [2.05, 4.69) is 10.3 Å². The first-order chi connectivity index (χ1) is 16.6. The molecule has 4 rings (SSSR count). The molecule has 0 fully saturated rings. The first-order valence-corrected chi connectivity index (χ1v) is 12.0. The number of fused-ring (bicyclic) bond motifs is 1. The average Bonchev–Trinajstić information content (AvgIpc) is 2.81. The Balaban J connectivity index is 1.89. The molecule has 0 bridgehead atoms. The molecule has 10 heteroatoms. The predicted molar refractivity (Wildman–Crippen MR) is 125 cm³/mol. The topological polar surface area (TPSA) is 85.4 Å². The van der Waals surface area contributed by atoms with Gasteiger partial charge < -0.3 is 9.50 Å². The minimum atomic E-state index is -5.16. The van der Waals surface area contributed by atoms with Crippen molar-refractivity contribution in [1.29, 1.82) is 0 Å². The van der Waals surface area contributed by atoms with E-state index in [1.54, 1.807) is 72.8 Å². The summed E-state index contributed by atoms with van der Waals surface area (Å²) in [5.74, 6) is -3.50. The lowest BCUT2D eigenvalue weighted by atomic mass is 10.0. The number of benzene rings is 3. The Morgan fingerprint density at radius 2 is 1.49 bits per heavy atom. The smallest absolute Gasteiger partial charge is 0.379 e. The maximum absolute atomic E-state index is 13.4. The summed E-state index contributed by atoms with van der Waals surface area (Å²) in [6.45, 7) is 0.103. The van der Waals surface area contributed by atoms with Crippen LogP contribution in [-0.4, -0.2) is 31.2 Å². The molecule has 3 aromatic carbocycles. The lowest BCUT2D eigenvalue weighted by Gasteiger charge is -2.18. The normalized spacial score (nSPS) is 11.9. The van der Waals surface area contributed by atoms with Gasteiger partial charge in [0, 0.05) is 17.5 Å². The molecule has 35 heavy (non-hydrogen) atoms. The van der Waals surface area contributed by atoms with Crippen LogP contribution in [0.15, 0.2) is 84.9 Å². The fourth-order valence-electron chi connectivity index (χ4n) is 3.52. The molecule has 0 unspecified atom stereocenters. The van der Waals surface area contributed by atoms with E-state index in [9.17, 15) is 26.4 Å². The maximum atomic E-state index is 13.4. The number of aromatic nitrogens is 1. The van der Waals surface area contributed by atoms with Crippen LogP contribution in [0, 0.1) is 0 Å². The van der Waals surface area contributed by atoms with Gasteiger partial charge in [-0.1, -0.05) is 78.9 Å². The fraction of sp³-hybridized carbons (Fsp3) is 0.120. The van der Waals surface area contributed by atoms with Crippen molar-refractivity contribution in [3.05, 3.63) is 96.1 Å². The summed E-state index contributed by atoms with van der Waals surface area (Å²) in [4.78, 5) is 17.8. The molecule has 180 valence electrons. The van der Waals surface area contributed by atoms with Crippen molar-refractivity contribution in [2.75, 3.05) is 5.75 Å². The monoisotopic (exact) mass is 500 g/mol. The first-order valence-electron chi connectivity index (χ1n) is 10.4. The van der Waals surface area contributed by atoms with E-state index in [1.165, 1.54) is 6.07 Å². The molecular formula is C25H19F3N2O4S. The summed E-state index contributed by atoms with van der Waals surface area (Å²) in [5, 5.41) is 2.93. The number of hydrogen-bond donors (Lipinski definition) is 1. The molecule has 0 aliphatic heterocycles. The van der Waals surface area contributed by atoms with Gasteiger partial charge in [0.2, 0.25) is 0 Å². The van der Waals surface area contributed by atoms with Crippen molar-refractivity contribution in [2.45, 2.75) is 12.7 Å². The zero-order valence-corrected chi connectivity index (χ0v) is 18.9. The van der Waals surface area contributed by atoms with Crippen molar-refractivity contribution in [2.24, 2.45) is 0 Å². The molecule has 0 atom stereocenters. The Labute approximate surface area is 199 Å². The van der Waals surface area contributed by atoms with Crippen molar-refractivity contribution in [1.82, 2.24) is 10.3 Å². The van der Waals surface area contributed by atoms with Crippen molar-refractivity contribution in [3.8, 4) is 17.0 Å². The van der Waals surface area contributed by atoms with Gasteiger partial charge >= 0.3 is 16.3 Å². The van der Waals surface area contributed by atoms with Crippen LogP contribution in [0.25, 0.3) is 22.2 Å². The third-order valence-electron chi connectivity index (χ3n) is 4.97. The minimum absolute atomic E-state index is 0.0695. The summed E-state index contributed by atoms with van der Waals surface area (Å²) in [5.41, 5.74) is 1.19. The van der Waals surface area contributed by atoms with Gasteiger partial charge in [-0.15, -0.1) is 0 Å². The highest BCUT2D eigenvalue weighted by molar-refractivity contribution is 7.87. The zero-order chi connectivity index (χ0) is 25.1. The molecule has 0 spiro atoms. The van der Waals surface area contributed by atoms with Gasteiger partial charge in [-0.2, -0.15) is 21.6 Å². The number of para-hydroxylation sites is 1. The SMILES string of the molecule is O=C(NCc1ccccc1)c1c(OS(=O)(=O)CC(F)(F)F)c(-c2ccccc2)nc2ccccc12. The van der Waals surface area contributed by atoms with Crippen LogP contribution < -0.4 is 9.50 Å². The maximum Gasteiger partial charge on any atom is 0.406 e. The Kier molecular flexibility index (Phi) is 6.74. The van der Waals surface area contributed by atoms with Crippen LogP contribution in [-0.2, 0) is 16.7 Å². The highest BCUT2D eigenvalue weighted by atomic mass is 32.2. The second kappa shape index (κ2) is 9.75. The van der Waals surface area contributed by atoms with E-state index in [0.717, 1.165) is 5.56 Å². The Morgan fingerprint density at radius 1 is 0.886 bits per heavy atom. The standard InChI is InChI=1S/C25H19F3N2O4S/c26-25(27,28)16-35(32,33)34-23-21(24(31)29-15-17-9-3-1-4-10-17)19-13-7-8-14-20(19)30-22(23)18-11-5-2-6-12-18/h1-14H,15-16H2,(H,29,31). The Hall–Kier alpha value is -3.92. The first kappa shape index (κ1) is 24.2. The number of alkyl halides is 3. The molecule has 1 amide bonds. The predicted octanol–water partition coefficient (Wildman–Crippen LogP) is 5.10. The molecule has 0 saturated heterocycles. The van der Waals surface area contributed by atoms with E-state index in [-0.39, 0.29) is 23.2 Å². The van der Waals surface area contributed by atoms with Crippen LogP contribution in [0.4, 0.5) is 13.2 Å². The van der Waals surface area contributed by atoms with E-state index in [4.69, 9.17) is 4.18 Å². The number of nitrogens with one attached hydrogen (secondary N) is 1. The molecular weight excluding hydrogens is 481 g/mol. The Morgan fingerprint density at radius 3 is 2.14 bits per heavy atom. The molecule has 4 aromatic rings. The van der Waals surface area contributed by atoms with Crippen LogP contribution in [0.2, 0.25) is 0 Å².